The highest BCUT2D eigenvalue weighted by Gasteiger charge is 2.35. The van der Waals surface area contributed by atoms with Crippen molar-refractivity contribution in [3.8, 4) is 0 Å². The SMILES string of the molecule is FC1(F)C=CC(c2ccc(Cl)cc2)O1. The van der Waals surface area contributed by atoms with Gasteiger partial charge in [0.2, 0.25) is 0 Å². The minimum atomic E-state index is -3.15. The van der Waals surface area contributed by atoms with Crippen LogP contribution in [-0.4, -0.2) is 6.11 Å². The minimum Gasteiger partial charge on any atom is -0.305 e. The smallest absolute Gasteiger partial charge is 0.305 e. The first kappa shape index (κ1) is 9.62. The van der Waals surface area contributed by atoms with E-state index in [4.69, 9.17) is 11.6 Å². The standard InChI is InChI=1S/C10H7ClF2O/c11-8-3-1-7(2-4-8)9-5-6-10(12,13)14-9/h1-6,9H. The van der Waals surface area contributed by atoms with Gasteiger partial charge in [0.15, 0.2) is 0 Å². The molecule has 0 saturated carbocycles. The fourth-order valence-electron chi connectivity index (χ4n) is 1.28. The molecule has 4 heteroatoms. The summed E-state index contributed by atoms with van der Waals surface area (Å²) in [5.41, 5.74) is 0.669. The van der Waals surface area contributed by atoms with Gasteiger partial charge in [-0.3, -0.25) is 0 Å². The normalized spacial score (nSPS) is 24.1. The lowest BCUT2D eigenvalue weighted by Crippen LogP contribution is -2.13. The van der Waals surface area contributed by atoms with Crippen LogP contribution in [0, 0.1) is 0 Å². The molecule has 1 aliphatic rings. The predicted octanol–water partition coefficient (Wildman–Crippen LogP) is 3.56. The third-order valence-electron chi connectivity index (χ3n) is 1.95. The van der Waals surface area contributed by atoms with Gasteiger partial charge in [-0.25, -0.2) is 0 Å². The van der Waals surface area contributed by atoms with Crippen LogP contribution in [0.1, 0.15) is 11.7 Å². The summed E-state index contributed by atoms with van der Waals surface area (Å²) < 4.78 is 29.7. The van der Waals surface area contributed by atoms with E-state index in [-0.39, 0.29) is 0 Å². The zero-order valence-electron chi connectivity index (χ0n) is 7.08. The summed E-state index contributed by atoms with van der Waals surface area (Å²) in [4.78, 5) is 0. The molecule has 0 aromatic heterocycles. The summed E-state index contributed by atoms with van der Waals surface area (Å²) in [6.07, 6.45) is -1.73. The average molecular weight is 217 g/mol. The van der Waals surface area contributed by atoms with Gasteiger partial charge in [0.25, 0.3) is 0 Å². The number of rotatable bonds is 1. The van der Waals surface area contributed by atoms with Gasteiger partial charge in [0, 0.05) is 11.1 Å². The maximum Gasteiger partial charge on any atom is 0.377 e. The Morgan fingerprint density at radius 1 is 1.21 bits per heavy atom. The summed E-state index contributed by atoms with van der Waals surface area (Å²) in [6.45, 7) is 0. The van der Waals surface area contributed by atoms with E-state index in [0.717, 1.165) is 6.08 Å². The lowest BCUT2D eigenvalue weighted by molar-refractivity contribution is -0.205. The lowest BCUT2D eigenvalue weighted by atomic mass is 10.1. The van der Waals surface area contributed by atoms with Gasteiger partial charge in [-0.1, -0.05) is 23.7 Å². The van der Waals surface area contributed by atoms with Crippen molar-refractivity contribution in [1.29, 1.82) is 0 Å². The first-order valence-electron chi connectivity index (χ1n) is 4.07. The summed E-state index contributed by atoms with van der Waals surface area (Å²) in [5.74, 6) is 0. The number of alkyl halides is 2. The predicted molar refractivity (Wildman–Crippen MR) is 49.4 cm³/mol. The van der Waals surface area contributed by atoms with Gasteiger partial charge in [0.05, 0.1) is 0 Å². The molecule has 0 fully saturated rings. The number of hydrogen-bond donors (Lipinski definition) is 0. The van der Waals surface area contributed by atoms with Crippen LogP contribution in [0.15, 0.2) is 36.4 Å². The van der Waals surface area contributed by atoms with E-state index in [2.05, 4.69) is 4.74 Å². The van der Waals surface area contributed by atoms with E-state index in [9.17, 15) is 8.78 Å². The Morgan fingerprint density at radius 3 is 2.36 bits per heavy atom. The monoisotopic (exact) mass is 216 g/mol. The van der Waals surface area contributed by atoms with Crippen molar-refractivity contribution in [3.63, 3.8) is 0 Å². The van der Waals surface area contributed by atoms with Crippen molar-refractivity contribution in [2.75, 3.05) is 0 Å². The number of benzene rings is 1. The van der Waals surface area contributed by atoms with E-state index in [1.807, 2.05) is 0 Å². The van der Waals surface area contributed by atoms with Crippen LogP contribution in [0.4, 0.5) is 8.78 Å². The van der Waals surface area contributed by atoms with Gasteiger partial charge in [0.1, 0.15) is 6.10 Å². The van der Waals surface area contributed by atoms with Gasteiger partial charge in [-0.05, 0) is 23.8 Å². The minimum absolute atomic E-state index is 0.572. The molecule has 1 heterocycles. The molecule has 74 valence electrons. The molecule has 1 unspecified atom stereocenters. The molecule has 1 aromatic carbocycles. The third kappa shape index (κ3) is 1.94. The molecule has 1 aliphatic heterocycles. The van der Waals surface area contributed by atoms with Crippen molar-refractivity contribution < 1.29 is 13.5 Å². The zero-order valence-corrected chi connectivity index (χ0v) is 7.84. The molecule has 1 aromatic rings. The molecule has 0 radical (unpaired) electrons. The largest absolute Gasteiger partial charge is 0.377 e. The molecule has 1 atom stereocenters. The topological polar surface area (TPSA) is 9.23 Å². The van der Waals surface area contributed by atoms with Gasteiger partial charge in [-0.15, -0.1) is 0 Å². The molecule has 0 spiro atoms. The molecular formula is C10H7ClF2O. The van der Waals surface area contributed by atoms with Crippen LogP contribution >= 0.6 is 11.6 Å². The fourth-order valence-corrected chi connectivity index (χ4v) is 1.40. The van der Waals surface area contributed by atoms with Crippen LogP contribution in [-0.2, 0) is 4.74 Å². The van der Waals surface area contributed by atoms with Crippen LogP contribution in [0.2, 0.25) is 5.02 Å². The Kier molecular flexibility index (Phi) is 2.29. The molecule has 14 heavy (non-hydrogen) atoms. The van der Waals surface area contributed by atoms with Gasteiger partial charge in [-0.2, -0.15) is 8.78 Å². The van der Waals surface area contributed by atoms with Crippen LogP contribution in [0.3, 0.4) is 0 Å². The summed E-state index contributed by atoms with van der Waals surface area (Å²) >= 11 is 5.67. The molecular weight excluding hydrogens is 210 g/mol. The molecule has 0 saturated heterocycles. The molecule has 0 N–H and O–H groups in total. The fraction of sp³-hybridized carbons (Fsp3) is 0.200. The van der Waals surface area contributed by atoms with E-state index in [1.165, 1.54) is 6.08 Å². The maximum absolute atomic E-state index is 12.6. The van der Waals surface area contributed by atoms with Crippen molar-refractivity contribution in [1.82, 2.24) is 0 Å². The Balaban J connectivity index is 2.19. The molecule has 1 nitrogen and oxygen atoms in total. The Labute approximate surface area is 84.9 Å². The van der Waals surface area contributed by atoms with Crippen molar-refractivity contribution in [3.05, 3.63) is 47.0 Å². The molecule has 2 rings (SSSR count). The average Bonchev–Trinajstić information content (AvgIpc) is 2.47. The van der Waals surface area contributed by atoms with Crippen molar-refractivity contribution >= 4 is 11.6 Å². The van der Waals surface area contributed by atoms with Crippen molar-refractivity contribution in [2.45, 2.75) is 12.2 Å². The Hall–Kier alpha value is -0.930. The first-order chi connectivity index (χ1) is 6.57. The first-order valence-corrected chi connectivity index (χ1v) is 4.45. The highest BCUT2D eigenvalue weighted by atomic mass is 35.5. The summed E-state index contributed by atoms with van der Waals surface area (Å²) in [6, 6.07) is 6.62. The van der Waals surface area contributed by atoms with E-state index in [1.54, 1.807) is 24.3 Å². The van der Waals surface area contributed by atoms with Crippen LogP contribution < -0.4 is 0 Å². The second-order valence-corrected chi connectivity index (χ2v) is 3.45. The van der Waals surface area contributed by atoms with Crippen molar-refractivity contribution in [2.24, 2.45) is 0 Å². The second-order valence-electron chi connectivity index (χ2n) is 3.01. The maximum atomic E-state index is 12.6. The molecule has 0 bridgehead atoms. The Bertz CT molecular complexity index is 359. The molecule has 0 amide bonds. The summed E-state index contributed by atoms with van der Waals surface area (Å²) in [7, 11) is 0. The highest BCUT2D eigenvalue weighted by molar-refractivity contribution is 6.30. The number of halogens is 3. The lowest BCUT2D eigenvalue weighted by Gasteiger charge is -2.12. The van der Waals surface area contributed by atoms with Crippen LogP contribution in [0.25, 0.3) is 0 Å². The summed E-state index contributed by atoms with van der Waals surface area (Å²) in [5, 5.41) is 0.572. The highest BCUT2D eigenvalue weighted by Crippen LogP contribution is 2.35. The zero-order chi connectivity index (χ0) is 10.2. The third-order valence-corrected chi connectivity index (χ3v) is 2.20. The quantitative estimate of drug-likeness (QED) is 0.653. The van der Waals surface area contributed by atoms with Crippen LogP contribution in [0.5, 0.6) is 0 Å². The number of hydrogen-bond acceptors (Lipinski definition) is 1. The van der Waals surface area contributed by atoms with Gasteiger partial charge >= 0.3 is 6.11 Å². The van der Waals surface area contributed by atoms with Gasteiger partial charge < -0.3 is 4.74 Å². The van der Waals surface area contributed by atoms with E-state index < -0.39 is 12.2 Å². The Morgan fingerprint density at radius 2 is 1.86 bits per heavy atom. The van der Waals surface area contributed by atoms with E-state index in [0.29, 0.717) is 10.6 Å². The molecule has 0 aliphatic carbocycles. The van der Waals surface area contributed by atoms with E-state index >= 15 is 0 Å². The second kappa shape index (κ2) is 3.33. The number of ether oxygens (including phenoxy) is 1.